The van der Waals surface area contributed by atoms with E-state index < -0.39 is 12.0 Å². The first-order valence-electron chi connectivity index (χ1n) is 5.34. The lowest BCUT2D eigenvalue weighted by Crippen LogP contribution is -2.34. The average molecular weight is 348 g/mol. The zero-order chi connectivity index (χ0) is 14.4. The summed E-state index contributed by atoms with van der Waals surface area (Å²) in [5.41, 5.74) is 0.481. The van der Waals surface area contributed by atoms with Gasteiger partial charge >= 0.3 is 5.97 Å². The van der Waals surface area contributed by atoms with Gasteiger partial charge in [-0.3, -0.25) is 4.79 Å². The van der Waals surface area contributed by atoms with E-state index >= 15 is 0 Å². The fraction of sp³-hybridized carbons (Fsp3) is 0.333. The molecule has 0 aliphatic rings. The number of rotatable bonds is 6. The number of methoxy groups -OCH3 is 1. The number of hydrogen-bond acceptors (Lipinski definition) is 4. The third kappa shape index (κ3) is 4.43. The first-order chi connectivity index (χ1) is 8.99. The van der Waals surface area contributed by atoms with Gasteiger partial charge in [0.25, 0.3) is 0 Å². The zero-order valence-electron chi connectivity index (χ0n) is 10.5. The van der Waals surface area contributed by atoms with Crippen molar-refractivity contribution in [1.29, 1.82) is 0 Å². The third-order valence-corrected chi connectivity index (χ3v) is 3.51. The van der Waals surface area contributed by atoms with E-state index in [1.807, 2.05) is 0 Å². The number of carbonyl (C=O) groups excluding carboxylic acids is 1. The normalized spacial score (nSPS) is 11.7. The van der Waals surface area contributed by atoms with E-state index in [1.54, 1.807) is 24.5 Å². The number of aliphatic carboxylic acids is 1. The van der Waals surface area contributed by atoms with Gasteiger partial charge in [0.15, 0.2) is 6.04 Å². The molecular formula is C12H14BrNO4S. The quantitative estimate of drug-likeness (QED) is 0.823. The van der Waals surface area contributed by atoms with Gasteiger partial charge in [-0.1, -0.05) is 6.07 Å². The van der Waals surface area contributed by atoms with Gasteiger partial charge in [0.05, 0.1) is 17.3 Å². The molecule has 0 spiro atoms. The Hall–Kier alpha value is -1.21. The Morgan fingerprint density at radius 1 is 1.53 bits per heavy atom. The second kappa shape index (κ2) is 7.40. The molecule has 19 heavy (non-hydrogen) atoms. The van der Waals surface area contributed by atoms with E-state index in [4.69, 9.17) is 4.74 Å². The maximum atomic E-state index is 11.5. The summed E-state index contributed by atoms with van der Waals surface area (Å²) >= 11 is 4.62. The standard InChI is InChI=1S/C12H14BrNO4S/c1-18-9-4-3-7(5-8(9)13)11(12(16)17)14-10(15)6-19-2/h3-5,11H,6H2,1-2H3,(H,14,15)(H,16,17). The molecule has 7 heteroatoms. The number of ether oxygens (including phenoxy) is 1. The summed E-state index contributed by atoms with van der Waals surface area (Å²) in [6.07, 6.45) is 1.78. The highest BCUT2D eigenvalue weighted by atomic mass is 79.9. The van der Waals surface area contributed by atoms with Crippen molar-refractivity contribution in [2.75, 3.05) is 19.1 Å². The largest absolute Gasteiger partial charge is 0.496 e. The molecule has 0 aliphatic heterocycles. The summed E-state index contributed by atoms with van der Waals surface area (Å²) < 4.78 is 5.71. The minimum Gasteiger partial charge on any atom is -0.496 e. The summed E-state index contributed by atoms with van der Waals surface area (Å²) in [7, 11) is 1.52. The number of thioether (sulfide) groups is 1. The molecule has 0 heterocycles. The molecule has 1 aromatic rings. The molecule has 0 fully saturated rings. The Bertz CT molecular complexity index is 481. The van der Waals surface area contributed by atoms with Crippen molar-refractivity contribution in [3.8, 4) is 5.75 Å². The molecule has 0 aromatic heterocycles. The lowest BCUT2D eigenvalue weighted by Gasteiger charge is -2.15. The van der Waals surface area contributed by atoms with E-state index in [1.165, 1.54) is 18.9 Å². The lowest BCUT2D eigenvalue weighted by atomic mass is 10.1. The van der Waals surface area contributed by atoms with Crippen molar-refractivity contribution < 1.29 is 19.4 Å². The molecule has 1 amide bonds. The Balaban J connectivity index is 2.96. The Morgan fingerprint density at radius 2 is 2.21 bits per heavy atom. The SMILES string of the molecule is COc1ccc(C(NC(=O)CSC)C(=O)O)cc1Br. The second-order valence-electron chi connectivity index (χ2n) is 3.67. The number of halogens is 1. The minimum atomic E-state index is -1.11. The number of carbonyl (C=O) groups is 2. The van der Waals surface area contributed by atoms with Crippen molar-refractivity contribution >= 4 is 39.6 Å². The van der Waals surface area contributed by atoms with Crippen LogP contribution >= 0.6 is 27.7 Å². The predicted octanol–water partition coefficient (Wildman–Crippen LogP) is 2.06. The molecule has 0 saturated carbocycles. The van der Waals surface area contributed by atoms with E-state index in [-0.39, 0.29) is 11.7 Å². The molecule has 1 rings (SSSR count). The summed E-state index contributed by atoms with van der Waals surface area (Å²) in [6.45, 7) is 0. The van der Waals surface area contributed by atoms with Crippen molar-refractivity contribution in [1.82, 2.24) is 5.32 Å². The number of hydrogen-bond donors (Lipinski definition) is 2. The van der Waals surface area contributed by atoms with E-state index in [2.05, 4.69) is 21.2 Å². The highest BCUT2D eigenvalue weighted by Crippen LogP contribution is 2.28. The minimum absolute atomic E-state index is 0.223. The number of carboxylic acids is 1. The van der Waals surface area contributed by atoms with Crippen molar-refractivity contribution in [2.45, 2.75) is 6.04 Å². The number of carboxylic acid groups (broad SMARTS) is 1. The van der Waals surface area contributed by atoms with Crippen LogP contribution in [0.5, 0.6) is 5.75 Å². The van der Waals surface area contributed by atoms with Crippen LogP contribution in [0.15, 0.2) is 22.7 Å². The molecule has 0 aliphatic carbocycles. The predicted molar refractivity (Wildman–Crippen MR) is 77.6 cm³/mol. The summed E-state index contributed by atoms with van der Waals surface area (Å²) in [4.78, 5) is 22.7. The fourth-order valence-corrected chi connectivity index (χ4v) is 2.39. The topological polar surface area (TPSA) is 75.6 Å². The molecule has 1 unspecified atom stereocenters. The van der Waals surface area contributed by atoms with Gasteiger partial charge in [0, 0.05) is 0 Å². The van der Waals surface area contributed by atoms with Crippen molar-refractivity contribution in [3.63, 3.8) is 0 Å². The maximum absolute atomic E-state index is 11.5. The van der Waals surface area contributed by atoms with E-state index in [9.17, 15) is 14.7 Å². The van der Waals surface area contributed by atoms with Crippen molar-refractivity contribution in [2.24, 2.45) is 0 Å². The highest BCUT2D eigenvalue weighted by Gasteiger charge is 2.22. The van der Waals surface area contributed by atoms with Gasteiger partial charge in [0.1, 0.15) is 5.75 Å². The summed E-state index contributed by atoms with van der Waals surface area (Å²) in [6, 6.07) is 3.82. The Kier molecular flexibility index (Phi) is 6.17. The number of benzene rings is 1. The maximum Gasteiger partial charge on any atom is 0.330 e. The van der Waals surface area contributed by atoms with Crippen LogP contribution < -0.4 is 10.1 Å². The molecule has 1 aromatic carbocycles. The smallest absolute Gasteiger partial charge is 0.330 e. The molecule has 5 nitrogen and oxygen atoms in total. The van der Waals surface area contributed by atoms with Crippen LogP contribution in [0.2, 0.25) is 0 Å². The van der Waals surface area contributed by atoms with Gasteiger partial charge in [-0.15, -0.1) is 0 Å². The highest BCUT2D eigenvalue weighted by molar-refractivity contribution is 9.10. The van der Waals surface area contributed by atoms with Crippen LogP contribution in [0.4, 0.5) is 0 Å². The van der Waals surface area contributed by atoms with Gasteiger partial charge in [-0.2, -0.15) is 11.8 Å². The Labute approximate surface area is 123 Å². The first kappa shape index (κ1) is 15.8. The van der Waals surface area contributed by atoms with Gasteiger partial charge in [-0.25, -0.2) is 4.79 Å². The first-order valence-corrected chi connectivity index (χ1v) is 7.52. The van der Waals surface area contributed by atoms with E-state index in [0.717, 1.165) is 0 Å². The van der Waals surface area contributed by atoms with Crippen LogP contribution in [0.3, 0.4) is 0 Å². The van der Waals surface area contributed by atoms with Gasteiger partial charge in [-0.05, 0) is 39.9 Å². The molecule has 2 N–H and O–H groups in total. The molecule has 0 saturated heterocycles. The summed E-state index contributed by atoms with van der Waals surface area (Å²) in [5.74, 6) is -0.595. The zero-order valence-corrected chi connectivity index (χ0v) is 12.9. The Morgan fingerprint density at radius 3 is 2.68 bits per heavy atom. The van der Waals surface area contributed by atoms with Crippen LogP contribution in [-0.4, -0.2) is 36.1 Å². The van der Waals surface area contributed by atoms with Gasteiger partial charge < -0.3 is 15.2 Å². The molecule has 0 bridgehead atoms. The van der Waals surface area contributed by atoms with Crippen LogP contribution in [-0.2, 0) is 9.59 Å². The molecular weight excluding hydrogens is 334 g/mol. The van der Waals surface area contributed by atoms with Crippen molar-refractivity contribution in [3.05, 3.63) is 28.2 Å². The summed E-state index contributed by atoms with van der Waals surface area (Å²) in [5, 5.41) is 11.7. The van der Waals surface area contributed by atoms with Crippen LogP contribution in [0.25, 0.3) is 0 Å². The average Bonchev–Trinajstić information content (AvgIpc) is 2.36. The second-order valence-corrected chi connectivity index (χ2v) is 5.39. The lowest BCUT2D eigenvalue weighted by molar-refractivity contribution is -0.141. The third-order valence-electron chi connectivity index (χ3n) is 2.34. The molecule has 0 radical (unpaired) electrons. The number of amides is 1. The van der Waals surface area contributed by atoms with Crippen LogP contribution in [0.1, 0.15) is 11.6 Å². The monoisotopic (exact) mass is 347 g/mol. The molecule has 1 atom stereocenters. The van der Waals surface area contributed by atoms with Crippen LogP contribution in [0, 0.1) is 0 Å². The van der Waals surface area contributed by atoms with E-state index in [0.29, 0.717) is 15.8 Å². The number of nitrogens with one attached hydrogen (secondary N) is 1. The molecule has 104 valence electrons. The van der Waals surface area contributed by atoms with Gasteiger partial charge in [0.2, 0.25) is 5.91 Å². The fourth-order valence-electron chi connectivity index (χ4n) is 1.48.